The maximum Gasteiger partial charge on any atom is 0.313 e. The SMILES string of the molecule is O=C(O)CSc1ccc2nnc(-c3ccncc3)n2n1. The molecule has 0 radical (unpaired) electrons. The first-order valence-electron chi connectivity index (χ1n) is 5.71. The number of thioether (sulfide) groups is 1. The molecule has 0 aromatic carbocycles. The molecule has 8 heteroatoms. The van der Waals surface area contributed by atoms with E-state index in [-0.39, 0.29) is 5.75 Å². The molecule has 0 aliphatic heterocycles. The van der Waals surface area contributed by atoms with Crippen LogP contribution >= 0.6 is 11.8 Å². The minimum atomic E-state index is -0.880. The summed E-state index contributed by atoms with van der Waals surface area (Å²) in [5, 5.41) is 21.8. The van der Waals surface area contributed by atoms with Crippen molar-refractivity contribution < 1.29 is 9.90 Å². The van der Waals surface area contributed by atoms with Crippen LogP contribution in [0, 0.1) is 0 Å². The average Bonchev–Trinajstić information content (AvgIpc) is 2.89. The van der Waals surface area contributed by atoms with Gasteiger partial charge in [-0.05, 0) is 24.3 Å². The molecule has 7 nitrogen and oxygen atoms in total. The Morgan fingerprint density at radius 3 is 2.75 bits per heavy atom. The lowest BCUT2D eigenvalue weighted by Crippen LogP contribution is -2.00. The molecule has 3 heterocycles. The standard InChI is InChI=1S/C12H9N5O2S/c18-11(19)7-20-10-2-1-9-14-15-12(17(9)16-10)8-3-5-13-6-4-8/h1-6H,7H2,(H,18,19). The van der Waals surface area contributed by atoms with E-state index in [0.717, 1.165) is 17.3 Å². The number of carboxylic acid groups (broad SMARTS) is 1. The van der Waals surface area contributed by atoms with Gasteiger partial charge in [0.25, 0.3) is 0 Å². The van der Waals surface area contributed by atoms with E-state index in [9.17, 15) is 4.79 Å². The summed E-state index contributed by atoms with van der Waals surface area (Å²) in [6.45, 7) is 0. The Labute approximate surface area is 117 Å². The third-order valence-corrected chi connectivity index (χ3v) is 3.43. The van der Waals surface area contributed by atoms with Gasteiger partial charge in [0, 0.05) is 18.0 Å². The molecule has 0 saturated heterocycles. The number of carbonyl (C=O) groups is 1. The van der Waals surface area contributed by atoms with Crippen molar-refractivity contribution in [2.45, 2.75) is 5.03 Å². The monoisotopic (exact) mass is 287 g/mol. The number of fused-ring (bicyclic) bond motifs is 1. The summed E-state index contributed by atoms with van der Waals surface area (Å²) in [7, 11) is 0. The molecule has 0 amide bonds. The van der Waals surface area contributed by atoms with E-state index >= 15 is 0 Å². The average molecular weight is 287 g/mol. The number of aliphatic carboxylic acids is 1. The summed E-state index contributed by atoms with van der Waals surface area (Å²) < 4.78 is 1.60. The quantitative estimate of drug-likeness (QED) is 0.724. The Bertz CT molecular complexity index is 759. The highest BCUT2D eigenvalue weighted by Crippen LogP contribution is 2.19. The van der Waals surface area contributed by atoms with Crippen LogP contribution in [0.2, 0.25) is 0 Å². The Balaban J connectivity index is 2.02. The van der Waals surface area contributed by atoms with Gasteiger partial charge in [-0.15, -0.1) is 10.2 Å². The highest BCUT2D eigenvalue weighted by atomic mass is 32.2. The van der Waals surface area contributed by atoms with E-state index in [1.54, 1.807) is 29.0 Å². The van der Waals surface area contributed by atoms with Gasteiger partial charge in [-0.1, -0.05) is 11.8 Å². The summed E-state index contributed by atoms with van der Waals surface area (Å²) in [6, 6.07) is 7.12. The first-order chi connectivity index (χ1) is 9.74. The minimum Gasteiger partial charge on any atom is -0.481 e. The number of nitrogens with zero attached hydrogens (tertiary/aromatic N) is 5. The second kappa shape index (κ2) is 5.25. The molecule has 3 rings (SSSR count). The van der Waals surface area contributed by atoms with Crippen LogP contribution in [-0.4, -0.2) is 41.6 Å². The third kappa shape index (κ3) is 2.45. The van der Waals surface area contributed by atoms with Crippen LogP contribution in [0.5, 0.6) is 0 Å². The first kappa shape index (κ1) is 12.5. The van der Waals surface area contributed by atoms with Gasteiger partial charge in [-0.3, -0.25) is 9.78 Å². The molecule has 3 aromatic heterocycles. The zero-order valence-electron chi connectivity index (χ0n) is 10.2. The van der Waals surface area contributed by atoms with E-state index in [1.807, 2.05) is 12.1 Å². The molecule has 0 spiro atoms. The number of pyridine rings is 1. The van der Waals surface area contributed by atoms with E-state index in [0.29, 0.717) is 16.5 Å². The largest absolute Gasteiger partial charge is 0.481 e. The van der Waals surface area contributed by atoms with E-state index in [2.05, 4.69) is 20.3 Å². The number of aromatic nitrogens is 5. The zero-order valence-corrected chi connectivity index (χ0v) is 11.0. The molecule has 0 bridgehead atoms. The van der Waals surface area contributed by atoms with Crippen molar-refractivity contribution in [3.05, 3.63) is 36.7 Å². The predicted octanol–water partition coefficient (Wildman–Crippen LogP) is 1.36. The van der Waals surface area contributed by atoms with Gasteiger partial charge in [-0.2, -0.15) is 9.61 Å². The van der Waals surface area contributed by atoms with Crippen molar-refractivity contribution in [3.8, 4) is 11.4 Å². The van der Waals surface area contributed by atoms with Crippen molar-refractivity contribution >= 4 is 23.4 Å². The minimum absolute atomic E-state index is 0.0365. The fourth-order valence-corrected chi connectivity index (χ4v) is 2.24. The van der Waals surface area contributed by atoms with Gasteiger partial charge in [0.15, 0.2) is 11.5 Å². The molecule has 0 aliphatic rings. The van der Waals surface area contributed by atoms with Crippen LogP contribution in [0.25, 0.3) is 17.0 Å². The second-order valence-corrected chi connectivity index (χ2v) is 4.88. The molecular weight excluding hydrogens is 278 g/mol. The molecule has 20 heavy (non-hydrogen) atoms. The number of carboxylic acids is 1. The summed E-state index contributed by atoms with van der Waals surface area (Å²) in [5.74, 6) is -0.319. The molecule has 0 fully saturated rings. The van der Waals surface area contributed by atoms with Crippen molar-refractivity contribution in [1.29, 1.82) is 0 Å². The van der Waals surface area contributed by atoms with Crippen molar-refractivity contribution in [2.75, 3.05) is 5.75 Å². The predicted molar refractivity (Wildman–Crippen MR) is 72.4 cm³/mol. The lowest BCUT2D eigenvalue weighted by Gasteiger charge is -2.01. The number of rotatable bonds is 4. The topological polar surface area (TPSA) is 93.3 Å². The molecule has 1 N–H and O–H groups in total. The highest BCUT2D eigenvalue weighted by molar-refractivity contribution is 7.99. The summed E-state index contributed by atoms with van der Waals surface area (Å²) in [6.07, 6.45) is 3.33. The van der Waals surface area contributed by atoms with Gasteiger partial charge in [0.05, 0.1) is 5.75 Å². The molecule has 0 saturated carbocycles. The molecule has 3 aromatic rings. The van der Waals surface area contributed by atoms with Gasteiger partial charge in [0.2, 0.25) is 0 Å². The molecule has 100 valence electrons. The lowest BCUT2D eigenvalue weighted by molar-refractivity contribution is -0.133. The fraction of sp³-hybridized carbons (Fsp3) is 0.0833. The van der Waals surface area contributed by atoms with Crippen LogP contribution in [0.3, 0.4) is 0 Å². The van der Waals surface area contributed by atoms with Crippen LogP contribution in [0.15, 0.2) is 41.7 Å². The summed E-state index contributed by atoms with van der Waals surface area (Å²) in [5.41, 5.74) is 1.46. The summed E-state index contributed by atoms with van der Waals surface area (Å²) in [4.78, 5) is 14.5. The normalized spacial score (nSPS) is 10.8. The third-order valence-electron chi connectivity index (χ3n) is 2.52. The van der Waals surface area contributed by atoms with E-state index < -0.39 is 5.97 Å². The first-order valence-corrected chi connectivity index (χ1v) is 6.70. The second-order valence-electron chi connectivity index (χ2n) is 3.88. The Kier molecular flexibility index (Phi) is 3.30. The highest BCUT2D eigenvalue weighted by Gasteiger charge is 2.10. The van der Waals surface area contributed by atoms with Gasteiger partial charge >= 0.3 is 5.97 Å². The van der Waals surface area contributed by atoms with Crippen molar-refractivity contribution in [3.63, 3.8) is 0 Å². The van der Waals surface area contributed by atoms with Crippen molar-refractivity contribution in [2.24, 2.45) is 0 Å². The van der Waals surface area contributed by atoms with Crippen molar-refractivity contribution in [1.82, 2.24) is 24.8 Å². The van der Waals surface area contributed by atoms with E-state index in [1.165, 1.54) is 0 Å². The van der Waals surface area contributed by atoms with Crippen LogP contribution in [-0.2, 0) is 4.79 Å². The van der Waals surface area contributed by atoms with Crippen LogP contribution in [0.1, 0.15) is 0 Å². The smallest absolute Gasteiger partial charge is 0.313 e. The van der Waals surface area contributed by atoms with Gasteiger partial charge in [0.1, 0.15) is 5.03 Å². The Hall–Kier alpha value is -2.48. The summed E-state index contributed by atoms with van der Waals surface area (Å²) >= 11 is 1.15. The molecular formula is C12H9N5O2S. The maximum atomic E-state index is 10.6. The number of hydrogen-bond donors (Lipinski definition) is 1. The molecule has 0 atom stereocenters. The Morgan fingerprint density at radius 2 is 2.00 bits per heavy atom. The Morgan fingerprint density at radius 1 is 1.20 bits per heavy atom. The van der Waals surface area contributed by atoms with E-state index in [4.69, 9.17) is 5.11 Å². The molecule has 0 unspecified atom stereocenters. The number of hydrogen-bond acceptors (Lipinski definition) is 6. The fourth-order valence-electron chi connectivity index (χ4n) is 1.67. The van der Waals surface area contributed by atoms with Gasteiger partial charge in [-0.25, -0.2) is 0 Å². The van der Waals surface area contributed by atoms with Crippen LogP contribution < -0.4 is 0 Å². The molecule has 0 aliphatic carbocycles. The zero-order chi connectivity index (χ0) is 13.9. The van der Waals surface area contributed by atoms with Crippen LogP contribution in [0.4, 0.5) is 0 Å². The van der Waals surface area contributed by atoms with Gasteiger partial charge < -0.3 is 5.11 Å². The maximum absolute atomic E-state index is 10.6. The lowest BCUT2D eigenvalue weighted by atomic mass is 10.2.